The third-order valence-corrected chi connectivity index (χ3v) is 5.51. The Hall–Kier alpha value is -1.59. The van der Waals surface area contributed by atoms with Crippen LogP contribution < -0.4 is 15.4 Å². The van der Waals surface area contributed by atoms with Gasteiger partial charge >= 0.3 is 0 Å². The van der Waals surface area contributed by atoms with E-state index in [0.29, 0.717) is 25.7 Å². The highest BCUT2D eigenvalue weighted by Gasteiger charge is 2.42. The Bertz CT molecular complexity index is 721. The zero-order chi connectivity index (χ0) is 21.4. The van der Waals surface area contributed by atoms with Gasteiger partial charge in [0.15, 0.2) is 11.7 Å². The fourth-order valence-electron chi connectivity index (χ4n) is 3.67. The number of nitrogens with one attached hydrogen (secondary N) is 2. The molecule has 0 radical (unpaired) electrons. The maximum absolute atomic E-state index is 12.0. The van der Waals surface area contributed by atoms with Crippen molar-refractivity contribution in [3.63, 3.8) is 0 Å². The topological polar surface area (TPSA) is 84.4 Å². The van der Waals surface area contributed by atoms with Crippen molar-refractivity contribution in [2.75, 3.05) is 40.9 Å². The summed E-state index contributed by atoms with van der Waals surface area (Å²) in [7, 11) is 5.12. The molecule has 2 N–H and O–H groups in total. The molecular formula is C22H35IN4O4. The van der Waals surface area contributed by atoms with Crippen molar-refractivity contribution >= 4 is 35.8 Å². The van der Waals surface area contributed by atoms with E-state index in [9.17, 15) is 4.79 Å². The summed E-state index contributed by atoms with van der Waals surface area (Å²) < 4.78 is 17.4. The predicted octanol–water partition coefficient (Wildman–Crippen LogP) is 2.51. The number of ether oxygens (including phenoxy) is 3. The monoisotopic (exact) mass is 546 g/mol. The molecule has 1 atom stereocenters. The number of benzene rings is 1. The summed E-state index contributed by atoms with van der Waals surface area (Å²) in [6.07, 6.45) is 5.48. The number of amides is 1. The van der Waals surface area contributed by atoms with Gasteiger partial charge < -0.3 is 29.7 Å². The quantitative estimate of drug-likeness (QED) is 0.311. The third-order valence-electron chi connectivity index (χ3n) is 5.51. The van der Waals surface area contributed by atoms with Crippen LogP contribution in [0.15, 0.2) is 29.3 Å². The fraction of sp³-hybridized carbons (Fsp3) is 0.636. The van der Waals surface area contributed by atoms with Crippen LogP contribution in [0.2, 0.25) is 0 Å². The van der Waals surface area contributed by atoms with Crippen LogP contribution in [0.1, 0.15) is 37.7 Å². The van der Waals surface area contributed by atoms with E-state index in [1.165, 1.54) is 6.42 Å². The van der Waals surface area contributed by atoms with Crippen LogP contribution in [-0.4, -0.2) is 69.6 Å². The number of halogens is 1. The number of guanidine groups is 1. The lowest BCUT2D eigenvalue weighted by atomic mass is 9.94. The van der Waals surface area contributed by atoms with Gasteiger partial charge in [-0.05, 0) is 30.5 Å². The summed E-state index contributed by atoms with van der Waals surface area (Å²) in [4.78, 5) is 18.2. The van der Waals surface area contributed by atoms with Crippen molar-refractivity contribution in [3.8, 4) is 5.75 Å². The Morgan fingerprint density at radius 2 is 1.90 bits per heavy atom. The molecule has 2 aliphatic rings. The molecule has 1 heterocycles. The first-order chi connectivity index (χ1) is 14.5. The van der Waals surface area contributed by atoms with Gasteiger partial charge in [0.1, 0.15) is 11.9 Å². The summed E-state index contributed by atoms with van der Waals surface area (Å²) in [6, 6.07) is 7.78. The highest BCUT2D eigenvalue weighted by molar-refractivity contribution is 14.0. The molecule has 0 bridgehead atoms. The van der Waals surface area contributed by atoms with Crippen molar-refractivity contribution in [1.29, 1.82) is 0 Å². The van der Waals surface area contributed by atoms with Crippen LogP contribution in [0.25, 0.3) is 0 Å². The number of hydrogen-bond donors (Lipinski definition) is 2. The van der Waals surface area contributed by atoms with Gasteiger partial charge in [-0.15, -0.1) is 24.0 Å². The normalized spacial score (nSPS) is 20.1. The minimum atomic E-state index is -0.390. The first-order valence-corrected chi connectivity index (χ1v) is 10.7. The number of carbonyl (C=O) groups excluding carboxylic acids is 1. The molecule has 31 heavy (non-hydrogen) atoms. The second kappa shape index (κ2) is 12.4. The summed E-state index contributed by atoms with van der Waals surface area (Å²) >= 11 is 0. The Kier molecular flexibility index (Phi) is 10.3. The van der Waals surface area contributed by atoms with E-state index in [-0.39, 0.29) is 48.3 Å². The minimum absolute atomic E-state index is 0. The van der Waals surface area contributed by atoms with Gasteiger partial charge in [0, 0.05) is 33.5 Å². The van der Waals surface area contributed by atoms with Gasteiger partial charge in [-0.2, -0.15) is 0 Å². The van der Waals surface area contributed by atoms with Gasteiger partial charge in [0.25, 0.3) is 0 Å². The van der Waals surface area contributed by atoms with Crippen molar-refractivity contribution in [3.05, 3.63) is 29.8 Å². The van der Waals surface area contributed by atoms with Crippen LogP contribution in [0.3, 0.4) is 0 Å². The van der Waals surface area contributed by atoms with E-state index in [0.717, 1.165) is 37.0 Å². The number of aliphatic imine (C=N–C) groups is 1. The average Bonchev–Trinajstić information content (AvgIpc) is 3.15. The van der Waals surface area contributed by atoms with Crippen LogP contribution in [-0.2, 0) is 20.8 Å². The Morgan fingerprint density at radius 1 is 1.19 bits per heavy atom. The molecular weight excluding hydrogens is 511 g/mol. The number of hydrogen-bond acceptors (Lipinski definition) is 5. The molecule has 1 amide bonds. The highest BCUT2D eigenvalue weighted by Crippen LogP contribution is 2.37. The fourth-order valence-corrected chi connectivity index (χ4v) is 3.67. The lowest BCUT2D eigenvalue weighted by Crippen LogP contribution is -2.45. The van der Waals surface area contributed by atoms with Gasteiger partial charge in [-0.1, -0.05) is 18.6 Å². The van der Waals surface area contributed by atoms with Gasteiger partial charge in [-0.3, -0.25) is 4.79 Å². The zero-order valence-corrected chi connectivity index (χ0v) is 21.0. The van der Waals surface area contributed by atoms with E-state index >= 15 is 0 Å². The largest absolute Gasteiger partial charge is 0.497 e. The van der Waals surface area contributed by atoms with Crippen molar-refractivity contribution < 1.29 is 19.0 Å². The SMILES string of the molecule is COc1ccc(CN=C(NCC(=O)N(C)C)NCC2COC3(CCCCC3)O2)cc1.I. The summed E-state index contributed by atoms with van der Waals surface area (Å²) in [5.41, 5.74) is 1.05. The highest BCUT2D eigenvalue weighted by atomic mass is 127. The van der Waals surface area contributed by atoms with Crippen molar-refractivity contribution in [2.45, 2.75) is 50.5 Å². The number of nitrogens with zero attached hydrogens (tertiary/aromatic N) is 2. The van der Waals surface area contributed by atoms with E-state index in [1.54, 1.807) is 26.1 Å². The zero-order valence-electron chi connectivity index (χ0n) is 18.7. The van der Waals surface area contributed by atoms with E-state index in [4.69, 9.17) is 14.2 Å². The molecule has 1 saturated heterocycles. The summed E-state index contributed by atoms with van der Waals surface area (Å²) in [6.45, 7) is 1.82. The van der Waals surface area contributed by atoms with Crippen LogP contribution in [0, 0.1) is 0 Å². The molecule has 2 fully saturated rings. The predicted molar refractivity (Wildman–Crippen MR) is 131 cm³/mol. The molecule has 3 rings (SSSR count). The Labute approximate surface area is 202 Å². The number of carbonyl (C=O) groups is 1. The van der Waals surface area contributed by atoms with Gasteiger partial charge in [-0.25, -0.2) is 4.99 Å². The Balaban J connectivity index is 0.00000341. The first kappa shape index (κ1) is 25.7. The van der Waals surface area contributed by atoms with Crippen LogP contribution in [0.4, 0.5) is 0 Å². The number of rotatable bonds is 7. The van der Waals surface area contributed by atoms with E-state index < -0.39 is 0 Å². The van der Waals surface area contributed by atoms with Crippen molar-refractivity contribution in [1.82, 2.24) is 15.5 Å². The van der Waals surface area contributed by atoms with Gasteiger partial charge in [0.2, 0.25) is 5.91 Å². The molecule has 1 aliphatic carbocycles. The lowest BCUT2D eigenvalue weighted by Gasteiger charge is -2.31. The number of methoxy groups -OCH3 is 1. The molecule has 174 valence electrons. The molecule has 8 nitrogen and oxygen atoms in total. The second-order valence-corrected chi connectivity index (χ2v) is 8.06. The second-order valence-electron chi connectivity index (χ2n) is 8.06. The van der Waals surface area contributed by atoms with Gasteiger partial charge in [0.05, 0.1) is 26.8 Å². The van der Waals surface area contributed by atoms with E-state index in [1.807, 2.05) is 24.3 Å². The first-order valence-electron chi connectivity index (χ1n) is 10.7. The maximum atomic E-state index is 12.0. The molecule has 1 aromatic rings. The van der Waals surface area contributed by atoms with Crippen LogP contribution >= 0.6 is 24.0 Å². The van der Waals surface area contributed by atoms with Crippen molar-refractivity contribution in [2.24, 2.45) is 4.99 Å². The molecule has 1 aromatic carbocycles. The van der Waals surface area contributed by atoms with Crippen LogP contribution in [0.5, 0.6) is 5.75 Å². The van der Waals surface area contributed by atoms with E-state index in [2.05, 4.69) is 15.6 Å². The molecule has 1 aliphatic heterocycles. The minimum Gasteiger partial charge on any atom is -0.497 e. The standard InChI is InChI=1S/C22H34N4O4.HI/c1-26(2)20(27)15-25-21(23-13-17-7-9-18(28-3)10-8-17)24-14-19-16-29-22(30-19)11-5-4-6-12-22;/h7-10,19H,4-6,11-16H2,1-3H3,(H2,23,24,25);1H. The number of likely N-dealkylation sites (N-methyl/N-ethyl adjacent to an activating group) is 1. The molecule has 1 saturated carbocycles. The lowest BCUT2D eigenvalue weighted by molar-refractivity contribution is -0.186. The maximum Gasteiger partial charge on any atom is 0.241 e. The molecule has 1 spiro atoms. The summed E-state index contributed by atoms with van der Waals surface area (Å²) in [5.74, 6) is 0.981. The smallest absolute Gasteiger partial charge is 0.241 e. The third kappa shape index (κ3) is 7.80. The summed E-state index contributed by atoms with van der Waals surface area (Å²) in [5, 5.41) is 6.42. The molecule has 1 unspecified atom stereocenters. The Morgan fingerprint density at radius 3 is 2.55 bits per heavy atom. The molecule has 9 heteroatoms. The molecule has 0 aromatic heterocycles. The average molecular weight is 546 g/mol.